The van der Waals surface area contributed by atoms with Crippen LogP contribution in [0, 0.1) is 6.92 Å². The van der Waals surface area contributed by atoms with E-state index in [0.29, 0.717) is 37.9 Å². The van der Waals surface area contributed by atoms with Crippen molar-refractivity contribution in [3.63, 3.8) is 0 Å². The molecule has 0 radical (unpaired) electrons. The zero-order valence-corrected chi connectivity index (χ0v) is 10.5. The first-order chi connectivity index (χ1) is 8.56. The second-order valence-electron chi connectivity index (χ2n) is 4.30. The van der Waals surface area contributed by atoms with Gasteiger partial charge >= 0.3 is 0 Å². The molecular weight excluding hydrogens is 236 g/mol. The number of carbonyl (C=O) groups excluding carboxylic acids is 2. The molecule has 0 atom stereocenters. The number of amides is 2. The predicted octanol–water partition coefficient (Wildman–Crippen LogP) is -0.389. The smallest absolute Gasteiger partial charge is 0.236 e. The number of hydrogen-bond acceptors (Lipinski definition) is 5. The van der Waals surface area contributed by atoms with E-state index in [-0.39, 0.29) is 18.2 Å². The summed E-state index contributed by atoms with van der Waals surface area (Å²) in [6.45, 7) is 5.55. The van der Waals surface area contributed by atoms with Crippen molar-refractivity contribution in [2.75, 3.05) is 26.2 Å². The monoisotopic (exact) mass is 252 g/mol. The normalized spacial score (nSPS) is 15.9. The van der Waals surface area contributed by atoms with Crippen molar-refractivity contribution in [2.24, 2.45) is 0 Å². The van der Waals surface area contributed by atoms with Crippen molar-refractivity contribution in [1.82, 2.24) is 19.9 Å². The van der Waals surface area contributed by atoms with Crippen LogP contribution >= 0.6 is 0 Å². The number of carbonyl (C=O) groups is 2. The molecule has 18 heavy (non-hydrogen) atoms. The number of hydrogen-bond donors (Lipinski definition) is 0. The number of rotatable bonds is 2. The molecule has 7 heteroatoms. The fourth-order valence-electron chi connectivity index (χ4n) is 1.92. The minimum absolute atomic E-state index is 0.0400. The summed E-state index contributed by atoms with van der Waals surface area (Å²) in [4.78, 5) is 30.6. The van der Waals surface area contributed by atoms with E-state index in [1.54, 1.807) is 23.6 Å². The van der Waals surface area contributed by atoms with Gasteiger partial charge in [-0.1, -0.05) is 5.16 Å². The molecule has 98 valence electrons. The van der Waals surface area contributed by atoms with E-state index in [4.69, 9.17) is 4.52 Å². The molecule has 0 aliphatic carbocycles. The summed E-state index contributed by atoms with van der Waals surface area (Å²) in [6, 6.07) is 0. The highest BCUT2D eigenvalue weighted by atomic mass is 16.5. The van der Waals surface area contributed by atoms with Gasteiger partial charge in [-0.2, -0.15) is 4.98 Å². The molecule has 0 bridgehead atoms. The third-order valence-electron chi connectivity index (χ3n) is 2.95. The van der Waals surface area contributed by atoms with Crippen LogP contribution in [0.15, 0.2) is 4.52 Å². The highest BCUT2D eigenvalue weighted by Gasteiger charge is 2.23. The van der Waals surface area contributed by atoms with E-state index in [9.17, 15) is 9.59 Å². The maximum atomic E-state index is 11.9. The summed E-state index contributed by atoms with van der Waals surface area (Å²) >= 11 is 0. The molecule has 0 unspecified atom stereocenters. The van der Waals surface area contributed by atoms with Crippen LogP contribution in [0.25, 0.3) is 0 Å². The van der Waals surface area contributed by atoms with E-state index in [1.165, 1.54) is 0 Å². The molecule has 0 saturated carbocycles. The van der Waals surface area contributed by atoms with E-state index >= 15 is 0 Å². The van der Waals surface area contributed by atoms with Crippen molar-refractivity contribution in [2.45, 2.75) is 20.3 Å². The molecule has 0 spiro atoms. The highest BCUT2D eigenvalue weighted by Crippen LogP contribution is 2.06. The zero-order valence-electron chi connectivity index (χ0n) is 10.5. The molecule has 1 saturated heterocycles. The highest BCUT2D eigenvalue weighted by molar-refractivity contribution is 5.78. The summed E-state index contributed by atoms with van der Waals surface area (Å²) in [5.41, 5.74) is 0. The Bertz CT molecular complexity index is 449. The molecule has 0 N–H and O–H groups in total. The van der Waals surface area contributed by atoms with Gasteiger partial charge in [0.1, 0.15) is 6.42 Å². The third kappa shape index (κ3) is 2.85. The van der Waals surface area contributed by atoms with Crippen LogP contribution < -0.4 is 0 Å². The summed E-state index contributed by atoms with van der Waals surface area (Å²) < 4.78 is 4.91. The third-order valence-corrected chi connectivity index (χ3v) is 2.95. The lowest BCUT2D eigenvalue weighted by atomic mass is 10.2. The maximum Gasteiger partial charge on any atom is 0.236 e. The van der Waals surface area contributed by atoms with Crippen molar-refractivity contribution < 1.29 is 14.1 Å². The lowest BCUT2D eigenvalue weighted by Crippen LogP contribution is -2.50. The van der Waals surface area contributed by atoms with E-state index in [2.05, 4.69) is 10.1 Å². The Morgan fingerprint density at radius 1 is 1.22 bits per heavy atom. The van der Waals surface area contributed by atoms with Crippen LogP contribution in [0.5, 0.6) is 0 Å². The fraction of sp³-hybridized carbons (Fsp3) is 0.636. The average Bonchev–Trinajstić information content (AvgIpc) is 2.75. The van der Waals surface area contributed by atoms with Gasteiger partial charge in [0.15, 0.2) is 5.82 Å². The minimum Gasteiger partial charge on any atom is -0.339 e. The Balaban J connectivity index is 1.86. The number of aryl methyl sites for hydroxylation is 1. The lowest BCUT2D eigenvalue weighted by Gasteiger charge is -2.34. The molecule has 0 aromatic carbocycles. The summed E-state index contributed by atoms with van der Waals surface area (Å²) in [5.74, 6) is 0.877. The minimum atomic E-state index is -0.0400. The van der Waals surface area contributed by atoms with Crippen molar-refractivity contribution in [3.8, 4) is 0 Å². The van der Waals surface area contributed by atoms with Crippen LogP contribution in [0.4, 0.5) is 0 Å². The molecule has 2 heterocycles. The van der Waals surface area contributed by atoms with Gasteiger partial charge in [0.05, 0.1) is 0 Å². The Morgan fingerprint density at radius 2 is 1.83 bits per heavy atom. The van der Waals surface area contributed by atoms with Gasteiger partial charge in [-0.25, -0.2) is 0 Å². The number of nitrogens with zero attached hydrogens (tertiary/aromatic N) is 4. The van der Waals surface area contributed by atoms with Crippen molar-refractivity contribution in [3.05, 3.63) is 11.7 Å². The van der Waals surface area contributed by atoms with Crippen LogP contribution in [-0.4, -0.2) is 57.9 Å². The summed E-state index contributed by atoms with van der Waals surface area (Å²) in [5, 5.41) is 3.64. The average molecular weight is 252 g/mol. The van der Waals surface area contributed by atoms with Gasteiger partial charge in [0.2, 0.25) is 17.7 Å². The molecule has 1 fully saturated rings. The fourth-order valence-corrected chi connectivity index (χ4v) is 1.92. The van der Waals surface area contributed by atoms with Gasteiger partial charge in [0, 0.05) is 33.1 Å². The quantitative estimate of drug-likeness (QED) is 0.716. The first-order valence-corrected chi connectivity index (χ1v) is 5.88. The molecule has 2 amide bonds. The van der Waals surface area contributed by atoms with E-state index in [0.717, 1.165) is 0 Å². The second-order valence-corrected chi connectivity index (χ2v) is 4.30. The van der Waals surface area contributed by atoms with Crippen LogP contribution in [0.2, 0.25) is 0 Å². The van der Waals surface area contributed by atoms with Gasteiger partial charge in [-0.05, 0) is 6.92 Å². The SMILES string of the molecule is CC(=O)N1CCN(C(=O)Cc2nc(C)no2)CC1. The molecule has 2 rings (SSSR count). The summed E-state index contributed by atoms with van der Waals surface area (Å²) in [6.07, 6.45) is 0.126. The molecular formula is C11H16N4O3. The zero-order chi connectivity index (χ0) is 13.1. The topological polar surface area (TPSA) is 79.5 Å². The van der Waals surface area contributed by atoms with Crippen LogP contribution in [0.3, 0.4) is 0 Å². The first-order valence-electron chi connectivity index (χ1n) is 5.88. The van der Waals surface area contributed by atoms with Crippen molar-refractivity contribution in [1.29, 1.82) is 0 Å². The van der Waals surface area contributed by atoms with E-state index < -0.39 is 0 Å². The van der Waals surface area contributed by atoms with Gasteiger partial charge in [-0.15, -0.1) is 0 Å². The standard InChI is InChI=1S/C11H16N4O3/c1-8-12-10(18-13-8)7-11(17)15-5-3-14(4-6-15)9(2)16/h3-7H2,1-2H3. The van der Waals surface area contributed by atoms with Crippen molar-refractivity contribution >= 4 is 11.8 Å². The number of aromatic nitrogens is 2. The molecule has 1 aliphatic rings. The van der Waals surface area contributed by atoms with Gasteiger partial charge < -0.3 is 14.3 Å². The predicted molar refractivity (Wildman–Crippen MR) is 61.6 cm³/mol. The van der Waals surface area contributed by atoms with Crippen LogP contribution in [0.1, 0.15) is 18.6 Å². The second kappa shape index (κ2) is 5.16. The first kappa shape index (κ1) is 12.5. The molecule has 1 aromatic rings. The molecule has 7 nitrogen and oxygen atoms in total. The largest absolute Gasteiger partial charge is 0.339 e. The Labute approximate surface area is 105 Å². The Morgan fingerprint density at radius 3 is 2.33 bits per heavy atom. The van der Waals surface area contributed by atoms with E-state index in [1.807, 2.05) is 0 Å². The maximum absolute atomic E-state index is 11.9. The van der Waals surface area contributed by atoms with Crippen LogP contribution in [-0.2, 0) is 16.0 Å². The van der Waals surface area contributed by atoms with Gasteiger partial charge in [-0.3, -0.25) is 9.59 Å². The Kier molecular flexibility index (Phi) is 3.59. The lowest BCUT2D eigenvalue weighted by molar-refractivity contribution is -0.138. The summed E-state index contributed by atoms with van der Waals surface area (Å²) in [7, 11) is 0. The Hall–Kier alpha value is -1.92. The van der Waals surface area contributed by atoms with Gasteiger partial charge in [0.25, 0.3) is 0 Å². The molecule has 1 aliphatic heterocycles. The number of piperazine rings is 1. The molecule has 1 aromatic heterocycles.